The second kappa shape index (κ2) is 6.55. The first kappa shape index (κ1) is 15.8. The van der Waals surface area contributed by atoms with Crippen LogP contribution in [-0.2, 0) is 13.0 Å². The molecule has 0 aliphatic rings. The van der Waals surface area contributed by atoms with E-state index in [9.17, 15) is 5.11 Å². The van der Waals surface area contributed by atoms with Crippen LogP contribution >= 0.6 is 0 Å². The van der Waals surface area contributed by atoms with Crippen LogP contribution in [0.3, 0.4) is 0 Å². The summed E-state index contributed by atoms with van der Waals surface area (Å²) in [5, 5.41) is 9.18. The number of aliphatic hydroxyl groups excluding tert-OH is 1. The molecule has 0 saturated carbocycles. The van der Waals surface area contributed by atoms with Crippen LogP contribution < -0.4 is 0 Å². The monoisotopic (exact) mass is 308 g/mol. The SMILES string of the molecule is Cc1cc2nc(CCCO)n(Cc3ccccc3C)c2cc1C. The predicted molar refractivity (Wildman–Crippen MR) is 94.9 cm³/mol. The highest BCUT2D eigenvalue weighted by molar-refractivity contribution is 5.78. The molecule has 0 aliphatic heterocycles. The number of aliphatic hydroxyl groups is 1. The van der Waals surface area contributed by atoms with Crippen molar-refractivity contribution >= 4 is 11.0 Å². The quantitative estimate of drug-likeness (QED) is 0.775. The zero-order valence-electron chi connectivity index (χ0n) is 14.1. The summed E-state index contributed by atoms with van der Waals surface area (Å²) in [4.78, 5) is 4.83. The van der Waals surface area contributed by atoms with Gasteiger partial charge in [0.15, 0.2) is 0 Å². The van der Waals surface area contributed by atoms with Gasteiger partial charge in [-0.05, 0) is 61.6 Å². The van der Waals surface area contributed by atoms with E-state index in [1.54, 1.807) is 0 Å². The lowest BCUT2D eigenvalue weighted by Crippen LogP contribution is -2.07. The van der Waals surface area contributed by atoms with Crippen LogP contribution in [0.2, 0.25) is 0 Å². The molecule has 0 fully saturated rings. The number of imidazole rings is 1. The van der Waals surface area contributed by atoms with Crippen LogP contribution in [0.25, 0.3) is 11.0 Å². The van der Waals surface area contributed by atoms with Crippen LogP contribution in [0.5, 0.6) is 0 Å². The lowest BCUT2D eigenvalue weighted by molar-refractivity contribution is 0.287. The van der Waals surface area contributed by atoms with E-state index in [1.165, 1.54) is 27.8 Å². The molecule has 0 atom stereocenters. The van der Waals surface area contributed by atoms with Crippen LogP contribution in [-0.4, -0.2) is 21.3 Å². The molecule has 1 heterocycles. The van der Waals surface area contributed by atoms with Gasteiger partial charge < -0.3 is 9.67 Å². The summed E-state index contributed by atoms with van der Waals surface area (Å²) in [7, 11) is 0. The molecule has 1 aromatic heterocycles. The summed E-state index contributed by atoms with van der Waals surface area (Å²) in [6, 6.07) is 12.9. The summed E-state index contributed by atoms with van der Waals surface area (Å²) < 4.78 is 2.31. The Morgan fingerprint density at radius 3 is 2.48 bits per heavy atom. The summed E-state index contributed by atoms with van der Waals surface area (Å²) in [5.74, 6) is 1.06. The average molecular weight is 308 g/mol. The molecular weight excluding hydrogens is 284 g/mol. The molecular formula is C20H24N2O. The second-order valence-corrected chi connectivity index (χ2v) is 6.29. The lowest BCUT2D eigenvalue weighted by atomic mass is 10.1. The molecule has 0 saturated heterocycles. The standard InChI is InChI=1S/C20H24N2O/c1-14-7-4-5-8-17(14)13-22-19-12-16(3)15(2)11-18(19)21-20(22)9-6-10-23/h4-5,7-8,11-12,23H,6,9-10,13H2,1-3H3. The maximum absolute atomic E-state index is 9.18. The first-order chi connectivity index (χ1) is 11.1. The number of hydrogen-bond acceptors (Lipinski definition) is 2. The van der Waals surface area contributed by atoms with Crippen molar-refractivity contribution in [2.24, 2.45) is 0 Å². The Morgan fingerprint density at radius 1 is 1.00 bits per heavy atom. The normalized spacial score (nSPS) is 11.3. The van der Waals surface area contributed by atoms with Gasteiger partial charge in [-0.25, -0.2) is 4.98 Å². The minimum Gasteiger partial charge on any atom is -0.396 e. The molecule has 0 bridgehead atoms. The molecule has 0 amide bonds. The highest BCUT2D eigenvalue weighted by Crippen LogP contribution is 2.23. The zero-order chi connectivity index (χ0) is 16.4. The topological polar surface area (TPSA) is 38.1 Å². The highest BCUT2D eigenvalue weighted by atomic mass is 16.2. The van der Waals surface area contributed by atoms with Crippen molar-refractivity contribution in [3.63, 3.8) is 0 Å². The maximum atomic E-state index is 9.18. The molecule has 3 rings (SSSR count). The Morgan fingerprint density at radius 2 is 1.74 bits per heavy atom. The molecule has 0 aliphatic carbocycles. The first-order valence-corrected chi connectivity index (χ1v) is 8.22. The number of benzene rings is 2. The van der Waals surface area contributed by atoms with Gasteiger partial charge in [0.25, 0.3) is 0 Å². The van der Waals surface area contributed by atoms with Crippen molar-refractivity contribution in [1.29, 1.82) is 0 Å². The van der Waals surface area contributed by atoms with Crippen molar-refractivity contribution in [3.05, 3.63) is 64.5 Å². The van der Waals surface area contributed by atoms with Crippen molar-refractivity contribution in [3.8, 4) is 0 Å². The fourth-order valence-electron chi connectivity index (χ4n) is 2.99. The Bertz CT molecular complexity index is 833. The van der Waals surface area contributed by atoms with Gasteiger partial charge in [0.1, 0.15) is 5.82 Å². The Kier molecular flexibility index (Phi) is 4.49. The molecule has 0 unspecified atom stereocenters. The van der Waals surface area contributed by atoms with Crippen LogP contribution in [0.4, 0.5) is 0 Å². The molecule has 3 aromatic rings. The molecule has 120 valence electrons. The average Bonchev–Trinajstić information content (AvgIpc) is 2.85. The van der Waals surface area contributed by atoms with Crippen molar-refractivity contribution in [2.75, 3.05) is 6.61 Å². The van der Waals surface area contributed by atoms with Gasteiger partial charge in [-0.1, -0.05) is 24.3 Å². The molecule has 1 N–H and O–H groups in total. The van der Waals surface area contributed by atoms with Gasteiger partial charge >= 0.3 is 0 Å². The molecule has 0 spiro atoms. The van der Waals surface area contributed by atoms with Gasteiger partial charge in [-0.15, -0.1) is 0 Å². The fraction of sp³-hybridized carbons (Fsp3) is 0.350. The third-order valence-corrected chi connectivity index (χ3v) is 4.59. The Balaban J connectivity index is 2.11. The van der Waals surface area contributed by atoms with Crippen LogP contribution in [0.1, 0.15) is 34.5 Å². The molecule has 2 aromatic carbocycles. The predicted octanol–water partition coefficient (Wildman–Crippen LogP) is 3.93. The summed E-state index contributed by atoms with van der Waals surface area (Å²) in [6.07, 6.45) is 1.55. The second-order valence-electron chi connectivity index (χ2n) is 6.29. The fourth-order valence-corrected chi connectivity index (χ4v) is 2.99. The third kappa shape index (κ3) is 3.15. The molecule has 3 nitrogen and oxygen atoms in total. The highest BCUT2D eigenvalue weighted by Gasteiger charge is 2.13. The zero-order valence-corrected chi connectivity index (χ0v) is 14.1. The van der Waals surface area contributed by atoms with E-state index in [4.69, 9.17) is 4.98 Å². The molecule has 23 heavy (non-hydrogen) atoms. The van der Waals surface area contributed by atoms with E-state index in [2.05, 4.69) is 61.7 Å². The van der Waals surface area contributed by atoms with E-state index in [-0.39, 0.29) is 6.61 Å². The minimum absolute atomic E-state index is 0.200. The van der Waals surface area contributed by atoms with E-state index in [0.29, 0.717) is 0 Å². The summed E-state index contributed by atoms with van der Waals surface area (Å²) in [6.45, 7) is 7.45. The summed E-state index contributed by atoms with van der Waals surface area (Å²) >= 11 is 0. The lowest BCUT2D eigenvalue weighted by Gasteiger charge is -2.12. The van der Waals surface area contributed by atoms with Crippen molar-refractivity contribution in [1.82, 2.24) is 9.55 Å². The van der Waals surface area contributed by atoms with Gasteiger partial charge in [-0.3, -0.25) is 0 Å². The van der Waals surface area contributed by atoms with E-state index in [1.807, 2.05) is 0 Å². The number of hydrogen-bond donors (Lipinski definition) is 1. The van der Waals surface area contributed by atoms with E-state index >= 15 is 0 Å². The van der Waals surface area contributed by atoms with Crippen LogP contribution in [0.15, 0.2) is 36.4 Å². The maximum Gasteiger partial charge on any atom is 0.110 e. The van der Waals surface area contributed by atoms with Gasteiger partial charge in [0.05, 0.1) is 11.0 Å². The number of nitrogens with zero attached hydrogens (tertiary/aromatic N) is 2. The Hall–Kier alpha value is -2.13. The molecule has 3 heteroatoms. The first-order valence-electron chi connectivity index (χ1n) is 8.22. The van der Waals surface area contributed by atoms with E-state index < -0.39 is 0 Å². The third-order valence-electron chi connectivity index (χ3n) is 4.59. The largest absolute Gasteiger partial charge is 0.396 e. The van der Waals surface area contributed by atoms with Gasteiger partial charge in [-0.2, -0.15) is 0 Å². The molecule has 0 radical (unpaired) electrons. The van der Waals surface area contributed by atoms with E-state index in [0.717, 1.165) is 30.7 Å². The number of fused-ring (bicyclic) bond motifs is 1. The summed E-state index contributed by atoms with van der Waals surface area (Å²) in [5.41, 5.74) is 7.41. The number of aromatic nitrogens is 2. The van der Waals surface area contributed by atoms with Crippen molar-refractivity contribution in [2.45, 2.75) is 40.2 Å². The Labute approximate surface area is 137 Å². The van der Waals surface area contributed by atoms with Crippen LogP contribution in [0, 0.1) is 20.8 Å². The van der Waals surface area contributed by atoms with Gasteiger partial charge in [0.2, 0.25) is 0 Å². The van der Waals surface area contributed by atoms with Crippen molar-refractivity contribution < 1.29 is 5.11 Å². The smallest absolute Gasteiger partial charge is 0.110 e. The number of aryl methyl sites for hydroxylation is 4. The minimum atomic E-state index is 0.200. The van der Waals surface area contributed by atoms with Gasteiger partial charge in [0, 0.05) is 19.6 Å². The number of rotatable bonds is 5.